The van der Waals surface area contributed by atoms with Gasteiger partial charge in [0.25, 0.3) is 0 Å². The smallest absolute Gasteiger partial charge is 0.242 e. The fourth-order valence-corrected chi connectivity index (χ4v) is 4.99. The number of fused-ring (bicyclic) bond motifs is 1. The molecular formula is C24H28N6O2S. The van der Waals surface area contributed by atoms with Gasteiger partial charge in [0.15, 0.2) is 0 Å². The van der Waals surface area contributed by atoms with Crippen LogP contribution in [-0.4, -0.2) is 68.1 Å². The lowest BCUT2D eigenvalue weighted by Crippen LogP contribution is -2.49. The van der Waals surface area contributed by atoms with E-state index in [0.717, 1.165) is 73.7 Å². The quantitative estimate of drug-likeness (QED) is 0.397. The van der Waals surface area contributed by atoms with Gasteiger partial charge in [-0.1, -0.05) is 30.3 Å². The number of amides is 1. The maximum Gasteiger partial charge on any atom is 0.242 e. The third-order valence-electron chi connectivity index (χ3n) is 6.14. The molecule has 3 aromatic heterocycles. The number of hydrogen-bond donors (Lipinski definition) is 0. The molecule has 4 aromatic rings. The lowest BCUT2D eigenvalue weighted by molar-refractivity contribution is -0.133. The van der Waals surface area contributed by atoms with Crippen molar-refractivity contribution >= 4 is 28.3 Å². The molecule has 1 aliphatic heterocycles. The average molecular weight is 465 g/mol. The number of para-hydroxylation sites is 2. The molecule has 1 saturated heterocycles. The fraction of sp³-hybridized carbons (Fsp3) is 0.417. The van der Waals surface area contributed by atoms with Gasteiger partial charge in [0.2, 0.25) is 17.6 Å². The van der Waals surface area contributed by atoms with Crippen molar-refractivity contribution in [1.82, 2.24) is 29.5 Å². The summed E-state index contributed by atoms with van der Waals surface area (Å²) in [7, 11) is 0. The maximum absolute atomic E-state index is 13.0. The van der Waals surface area contributed by atoms with E-state index < -0.39 is 0 Å². The maximum atomic E-state index is 13.0. The molecule has 1 aromatic carbocycles. The average Bonchev–Trinajstić information content (AvgIpc) is 3.60. The van der Waals surface area contributed by atoms with E-state index in [-0.39, 0.29) is 5.91 Å². The zero-order valence-electron chi connectivity index (χ0n) is 18.8. The van der Waals surface area contributed by atoms with Crippen molar-refractivity contribution in [1.29, 1.82) is 0 Å². The zero-order valence-corrected chi connectivity index (χ0v) is 19.6. The van der Waals surface area contributed by atoms with E-state index in [1.54, 1.807) is 11.3 Å². The highest BCUT2D eigenvalue weighted by molar-refractivity contribution is 7.13. The van der Waals surface area contributed by atoms with Crippen LogP contribution in [0.2, 0.25) is 0 Å². The van der Waals surface area contributed by atoms with Crippen LogP contribution in [0.15, 0.2) is 46.3 Å². The van der Waals surface area contributed by atoms with Crippen molar-refractivity contribution < 1.29 is 9.32 Å². The molecule has 1 fully saturated rings. The van der Waals surface area contributed by atoms with Crippen LogP contribution in [0, 0.1) is 0 Å². The Morgan fingerprint density at radius 1 is 1.09 bits per heavy atom. The summed E-state index contributed by atoms with van der Waals surface area (Å²) in [5.41, 5.74) is 1.99. The summed E-state index contributed by atoms with van der Waals surface area (Å²) in [6.07, 6.45) is 2.54. The van der Waals surface area contributed by atoms with Crippen LogP contribution < -0.4 is 0 Å². The van der Waals surface area contributed by atoms with Crippen LogP contribution in [-0.2, 0) is 24.2 Å². The second-order valence-corrected chi connectivity index (χ2v) is 9.22. The molecule has 33 heavy (non-hydrogen) atoms. The van der Waals surface area contributed by atoms with Gasteiger partial charge in [0.1, 0.15) is 12.4 Å². The van der Waals surface area contributed by atoms with Gasteiger partial charge in [-0.25, -0.2) is 4.98 Å². The molecule has 1 aliphatic rings. The number of carbonyl (C=O) groups is 1. The molecule has 0 spiro atoms. The van der Waals surface area contributed by atoms with Crippen molar-refractivity contribution in [3.8, 4) is 10.7 Å². The van der Waals surface area contributed by atoms with Crippen molar-refractivity contribution in [2.24, 2.45) is 0 Å². The predicted octanol–water partition coefficient (Wildman–Crippen LogP) is 3.49. The fourth-order valence-electron chi connectivity index (χ4n) is 4.34. The molecular weight excluding hydrogens is 436 g/mol. The zero-order chi connectivity index (χ0) is 22.6. The van der Waals surface area contributed by atoms with Crippen molar-refractivity contribution in [3.05, 3.63) is 53.5 Å². The number of imidazole rings is 1. The number of aryl methyl sites for hydroxylation is 2. The molecule has 5 rings (SSSR count). The van der Waals surface area contributed by atoms with Crippen molar-refractivity contribution in [2.45, 2.75) is 32.7 Å². The van der Waals surface area contributed by atoms with Gasteiger partial charge in [0, 0.05) is 39.0 Å². The van der Waals surface area contributed by atoms with E-state index in [9.17, 15) is 4.79 Å². The molecule has 0 radical (unpaired) electrons. The molecule has 172 valence electrons. The molecule has 0 saturated carbocycles. The Morgan fingerprint density at radius 2 is 1.94 bits per heavy atom. The Balaban J connectivity index is 1.09. The van der Waals surface area contributed by atoms with Crippen LogP contribution in [0.3, 0.4) is 0 Å². The molecule has 0 aliphatic carbocycles. The molecule has 0 unspecified atom stereocenters. The minimum absolute atomic E-state index is 0.166. The Hall–Kier alpha value is -3.04. The Bertz CT molecular complexity index is 1210. The van der Waals surface area contributed by atoms with Crippen LogP contribution in [0.5, 0.6) is 0 Å². The van der Waals surface area contributed by atoms with Crippen LogP contribution in [0.25, 0.3) is 21.7 Å². The number of hydrogen-bond acceptors (Lipinski definition) is 7. The van der Waals surface area contributed by atoms with E-state index >= 15 is 0 Å². The highest BCUT2D eigenvalue weighted by Gasteiger charge is 2.22. The normalized spacial score (nSPS) is 14.9. The summed E-state index contributed by atoms with van der Waals surface area (Å²) in [5.74, 6) is 2.49. The van der Waals surface area contributed by atoms with Crippen LogP contribution >= 0.6 is 11.3 Å². The van der Waals surface area contributed by atoms with E-state index in [2.05, 4.69) is 31.5 Å². The largest absolute Gasteiger partial charge is 0.339 e. The molecule has 9 heteroatoms. The van der Waals surface area contributed by atoms with Gasteiger partial charge in [-0.3, -0.25) is 9.69 Å². The van der Waals surface area contributed by atoms with E-state index in [0.29, 0.717) is 18.3 Å². The number of benzene rings is 1. The summed E-state index contributed by atoms with van der Waals surface area (Å²) in [6.45, 7) is 6.70. The standard InChI is InChI=1S/C24H28N6O2S/c1-2-21-25-18-7-3-4-8-19(18)30(21)17-23(31)29-14-12-28(13-15-29)11-5-10-22-26-24(27-32-22)20-9-6-16-33-20/h3-4,6-9,16H,2,5,10-15,17H2,1H3. The summed E-state index contributed by atoms with van der Waals surface area (Å²) in [4.78, 5) is 27.6. The topological polar surface area (TPSA) is 80.3 Å². The summed E-state index contributed by atoms with van der Waals surface area (Å²) < 4.78 is 7.46. The summed E-state index contributed by atoms with van der Waals surface area (Å²) >= 11 is 1.61. The third kappa shape index (κ3) is 4.84. The number of rotatable bonds is 8. The molecule has 0 bridgehead atoms. The molecule has 0 N–H and O–H groups in total. The minimum atomic E-state index is 0.166. The summed E-state index contributed by atoms with van der Waals surface area (Å²) in [5, 5.41) is 6.09. The number of piperazine rings is 1. The lowest BCUT2D eigenvalue weighted by Gasteiger charge is -2.34. The second kappa shape index (κ2) is 9.84. The lowest BCUT2D eigenvalue weighted by atomic mass is 10.2. The van der Waals surface area contributed by atoms with Gasteiger partial charge >= 0.3 is 0 Å². The number of thiophene rings is 1. The molecule has 4 heterocycles. The van der Waals surface area contributed by atoms with Crippen LogP contribution in [0.1, 0.15) is 25.1 Å². The first-order valence-electron chi connectivity index (χ1n) is 11.5. The monoisotopic (exact) mass is 464 g/mol. The minimum Gasteiger partial charge on any atom is -0.339 e. The number of nitrogens with zero attached hydrogens (tertiary/aromatic N) is 6. The molecule has 8 nitrogen and oxygen atoms in total. The van der Waals surface area contributed by atoms with E-state index in [1.165, 1.54) is 0 Å². The Kier molecular flexibility index (Phi) is 6.50. The van der Waals surface area contributed by atoms with E-state index in [1.807, 2.05) is 46.7 Å². The summed E-state index contributed by atoms with van der Waals surface area (Å²) in [6, 6.07) is 12.0. The number of aromatic nitrogens is 4. The van der Waals surface area contributed by atoms with Gasteiger partial charge in [-0.05, 0) is 36.5 Å². The SMILES string of the molecule is CCc1nc2ccccc2n1CC(=O)N1CCN(CCCc2nc(-c3cccs3)no2)CC1. The van der Waals surface area contributed by atoms with Crippen molar-refractivity contribution in [3.63, 3.8) is 0 Å². The van der Waals surface area contributed by atoms with Crippen molar-refractivity contribution in [2.75, 3.05) is 32.7 Å². The third-order valence-corrected chi connectivity index (χ3v) is 7.01. The first-order valence-corrected chi connectivity index (χ1v) is 12.4. The van der Waals surface area contributed by atoms with Gasteiger partial charge in [0.05, 0.1) is 15.9 Å². The molecule has 1 amide bonds. The predicted molar refractivity (Wildman–Crippen MR) is 128 cm³/mol. The van der Waals surface area contributed by atoms with Crippen LogP contribution in [0.4, 0.5) is 0 Å². The Morgan fingerprint density at radius 3 is 2.73 bits per heavy atom. The highest BCUT2D eigenvalue weighted by atomic mass is 32.1. The van der Waals surface area contributed by atoms with Gasteiger partial charge in [-0.15, -0.1) is 11.3 Å². The molecule has 0 atom stereocenters. The van der Waals surface area contributed by atoms with Gasteiger partial charge in [-0.2, -0.15) is 4.98 Å². The van der Waals surface area contributed by atoms with Gasteiger partial charge < -0.3 is 14.0 Å². The second-order valence-electron chi connectivity index (χ2n) is 8.27. The highest BCUT2D eigenvalue weighted by Crippen LogP contribution is 2.21. The first kappa shape index (κ1) is 21.8. The number of carbonyl (C=O) groups excluding carboxylic acids is 1. The van der Waals surface area contributed by atoms with E-state index in [4.69, 9.17) is 4.52 Å². The first-order chi connectivity index (χ1) is 16.2. The Labute approximate surface area is 196 Å².